The average Bonchev–Trinajstić information content (AvgIpc) is 2.92. The highest BCUT2D eigenvalue weighted by Gasteiger charge is 2.22. The Morgan fingerprint density at radius 3 is 2.56 bits per heavy atom. The fourth-order valence-corrected chi connectivity index (χ4v) is 5.17. The predicted molar refractivity (Wildman–Crippen MR) is 147 cm³/mol. The van der Waals surface area contributed by atoms with Crippen molar-refractivity contribution < 1.29 is 36.2 Å². The minimum absolute atomic E-state index is 0.0572. The molecule has 2 heterocycles. The Balaban J connectivity index is 1.66. The molecule has 1 N–H and O–H groups in total. The number of nitrogens with zero attached hydrogens (tertiary/aromatic N) is 3. The number of nitrogens with one attached hydrogen (secondary N) is 1. The molecule has 0 aliphatic heterocycles. The molecule has 0 fully saturated rings. The van der Waals surface area contributed by atoms with Gasteiger partial charge in [0.05, 0.1) is 20.3 Å². The quantitative estimate of drug-likeness (QED) is 0.176. The third-order valence-corrected chi connectivity index (χ3v) is 7.45. The Morgan fingerprint density at radius 2 is 1.83 bits per heavy atom. The van der Waals surface area contributed by atoms with Gasteiger partial charge in [0, 0.05) is 35.3 Å². The molecule has 4 aromatic rings. The summed E-state index contributed by atoms with van der Waals surface area (Å²) in [5.41, 5.74) is 2.32. The topological polar surface area (TPSA) is 130 Å². The van der Waals surface area contributed by atoms with Crippen LogP contribution in [0, 0.1) is 18.6 Å². The number of fused-ring (bicyclic) bond motifs is 1. The standard InChI is InChI=1S/C28H28F2N4O6S/c1-4-39-26(35)7-5-6-10-40-24-13-18(11-21-17(2)32-16-33-27(21)24)19-12-23(28(38-3)31-15-19)34-41(36,37)25-9-8-20(29)14-22(25)30/h8-9,11-16,34H,4-7,10H2,1-3H3. The number of aromatic nitrogens is 3. The van der Waals surface area contributed by atoms with E-state index in [0.717, 1.165) is 12.1 Å². The maximum Gasteiger partial charge on any atom is 0.305 e. The summed E-state index contributed by atoms with van der Waals surface area (Å²) in [6.07, 6.45) is 4.40. The summed E-state index contributed by atoms with van der Waals surface area (Å²) in [5.74, 6) is -2.00. The van der Waals surface area contributed by atoms with Crippen molar-refractivity contribution >= 4 is 32.6 Å². The number of carbonyl (C=O) groups excluding carboxylic acids is 1. The highest BCUT2D eigenvalue weighted by Crippen LogP contribution is 2.35. The van der Waals surface area contributed by atoms with E-state index in [-0.39, 0.29) is 24.0 Å². The first-order valence-electron chi connectivity index (χ1n) is 12.7. The molecule has 0 aliphatic rings. The number of pyridine rings is 1. The van der Waals surface area contributed by atoms with E-state index in [1.165, 1.54) is 25.7 Å². The van der Waals surface area contributed by atoms with Crippen molar-refractivity contribution in [2.75, 3.05) is 25.0 Å². The maximum absolute atomic E-state index is 14.3. The van der Waals surface area contributed by atoms with Gasteiger partial charge in [0.15, 0.2) is 0 Å². The SMILES string of the molecule is CCOC(=O)CCCCOc1cc(-c2cnc(OC)c(NS(=O)(=O)c3ccc(F)cc3F)c2)cc2c(C)ncnc12. The van der Waals surface area contributed by atoms with Crippen molar-refractivity contribution in [3.05, 3.63) is 66.3 Å². The summed E-state index contributed by atoms with van der Waals surface area (Å²) in [6, 6.07) is 7.20. The van der Waals surface area contributed by atoms with Gasteiger partial charge in [-0.3, -0.25) is 9.52 Å². The lowest BCUT2D eigenvalue weighted by Gasteiger charge is -2.15. The molecule has 0 bridgehead atoms. The molecule has 0 unspecified atom stereocenters. The van der Waals surface area contributed by atoms with E-state index in [4.69, 9.17) is 14.2 Å². The van der Waals surface area contributed by atoms with Crippen LogP contribution in [0.3, 0.4) is 0 Å². The Bertz CT molecular complexity index is 1680. The third kappa shape index (κ3) is 7.04. The summed E-state index contributed by atoms with van der Waals surface area (Å²) in [6.45, 7) is 4.22. The zero-order chi connectivity index (χ0) is 29.6. The first-order chi connectivity index (χ1) is 19.6. The number of halogens is 2. The third-order valence-electron chi connectivity index (χ3n) is 6.05. The minimum Gasteiger partial charge on any atom is -0.491 e. The highest BCUT2D eigenvalue weighted by molar-refractivity contribution is 7.92. The fourth-order valence-electron chi connectivity index (χ4n) is 4.06. The number of methoxy groups -OCH3 is 1. The van der Waals surface area contributed by atoms with E-state index in [0.29, 0.717) is 65.6 Å². The lowest BCUT2D eigenvalue weighted by Crippen LogP contribution is -2.15. The largest absolute Gasteiger partial charge is 0.491 e. The molecule has 41 heavy (non-hydrogen) atoms. The smallest absolute Gasteiger partial charge is 0.305 e. The fraction of sp³-hybridized carbons (Fsp3) is 0.286. The molecule has 216 valence electrons. The van der Waals surface area contributed by atoms with Gasteiger partial charge in [-0.05, 0) is 62.6 Å². The van der Waals surface area contributed by atoms with Gasteiger partial charge in [-0.1, -0.05) is 0 Å². The molecule has 10 nitrogen and oxygen atoms in total. The molecule has 0 atom stereocenters. The number of esters is 1. The molecule has 0 spiro atoms. The molecule has 0 aliphatic carbocycles. The lowest BCUT2D eigenvalue weighted by molar-refractivity contribution is -0.143. The number of sulfonamides is 1. The number of benzene rings is 2. The zero-order valence-corrected chi connectivity index (χ0v) is 23.4. The second-order valence-corrected chi connectivity index (χ2v) is 10.6. The van der Waals surface area contributed by atoms with Gasteiger partial charge < -0.3 is 14.2 Å². The van der Waals surface area contributed by atoms with Crippen LogP contribution in [0.5, 0.6) is 11.6 Å². The van der Waals surface area contributed by atoms with E-state index in [1.54, 1.807) is 13.0 Å². The van der Waals surface area contributed by atoms with Crippen LogP contribution < -0.4 is 14.2 Å². The van der Waals surface area contributed by atoms with Gasteiger partial charge in [0.1, 0.15) is 39.8 Å². The van der Waals surface area contributed by atoms with Crippen molar-refractivity contribution in [3.63, 3.8) is 0 Å². The second kappa shape index (κ2) is 12.9. The van der Waals surface area contributed by atoms with Gasteiger partial charge in [0.25, 0.3) is 10.0 Å². The number of hydrogen-bond acceptors (Lipinski definition) is 9. The van der Waals surface area contributed by atoms with Crippen LogP contribution in [0.15, 0.2) is 53.8 Å². The molecule has 0 radical (unpaired) electrons. The van der Waals surface area contributed by atoms with E-state index >= 15 is 0 Å². The maximum atomic E-state index is 14.3. The highest BCUT2D eigenvalue weighted by atomic mass is 32.2. The first-order valence-corrected chi connectivity index (χ1v) is 14.2. The summed E-state index contributed by atoms with van der Waals surface area (Å²) < 4.78 is 72.0. The Labute approximate surface area is 235 Å². The number of rotatable bonds is 12. The van der Waals surface area contributed by atoms with Crippen molar-refractivity contribution in [2.24, 2.45) is 0 Å². The molecular weight excluding hydrogens is 558 g/mol. The molecule has 2 aromatic carbocycles. The summed E-state index contributed by atoms with van der Waals surface area (Å²) in [5, 5.41) is 0.706. The zero-order valence-electron chi connectivity index (χ0n) is 22.6. The molecule has 2 aromatic heterocycles. The Hall–Kier alpha value is -4.39. The van der Waals surface area contributed by atoms with Crippen molar-refractivity contribution in [1.29, 1.82) is 0 Å². The van der Waals surface area contributed by atoms with E-state index in [1.807, 2.05) is 13.0 Å². The van der Waals surface area contributed by atoms with Crippen molar-refractivity contribution in [1.82, 2.24) is 15.0 Å². The molecular formula is C28H28F2N4O6S. The average molecular weight is 587 g/mol. The number of anilines is 1. The monoisotopic (exact) mass is 586 g/mol. The predicted octanol–water partition coefficient (Wildman–Crippen LogP) is 5.20. The van der Waals surface area contributed by atoms with Crippen LogP contribution >= 0.6 is 0 Å². The number of hydrogen-bond donors (Lipinski definition) is 1. The van der Waals surface area contributed by atoms with Crippen LogP contribution in [0.25, 0.3) is 22.0 Å². The molecule has 4 rings (SSSR count). The van der Waals surface area contributed by atoms with Crippen molar-refractivity contribution in [2.45, 2.75) is 38.0 Å². The second-order valence-electron chi connectivity index (χ2n) is 8.90. The van der Waals surface area contributed by atoms with Crippen LogP contribution in [-0.4, -0.2) is 49.7 Å². The minimum atomic E-state index is -4.46. The van der Waals surface area contributed by atoms with Gasteiger partial charge in [0.2, 0.25) is 5.88 Å². The van der Waals surface area contributed by atoms with E-state index in [2.05, 4.69) is 19.7 Å². The summed E-state index contributed by atoms with van der Waals surface area (Å²) >= 11 is 0. The molecule has 0 amide bonds. The van der Waals surface area contributed by atoms with Crippen LogP contribution in [0.2, 0.25) is 0 Å². The first kappa shape index (κ1) is 29.6. The Kier molecular flexibility index (Phi) is 9.28. The number of ether oxygens (including phenoxy) is 3. The van der Waals surface area contributed by atoms with Crippen LogP contribution in [0.1, 0.15) is 31.9 Å². The van der Waals surface area contributed by atoms with Gasteiger partial charge >= 0.3 is 5.97 Å². The molecule has 0 saturated heterocycles. The number of aryl methyl sites for hydroxylation is 1. The summed E-state index contributed by atoms with van der Waals surface area (Å²) in [4.78, 5) is 23.7. The molecule has 0 saturated carbocycles. The van der Waals surface area contributed by atoms with E-state index in [9.17, 15) is 22.0 Å². The van der Waals surface area contributed by atoms with Crippen LogP contribution in [-0.2, 0) is 19.6 Å². The normalized spacial score (nSPS) is 11.3. The van der Waals surface area contributed by atoms with Gasteiger partial charge in [-0.2, -0.15) is 0 Å². The Morgan fingerprint density at radius 1 is 1.02 bits per heavy atom. The number of carbonyl (C=O) groups is 1. The lowest BCUT2D eigenvalue weighted by atomic mass is 10.0. The number of unbranched alkanes of at least 4 members (excludes halogenated alkanes) is 1. The van der Waals surface area contributed by atoms with Gasteiger partial charge in [-0.25, -0.2) is 32.2 Å². The molecule has 13 heteroatoms. The van der Waals surface area contributed by atoms with Crippen LogP contribution in [0.4, 0.5) is 14.5 Å². The van der Waals surface area contributed by atoms with Gasteiger partial charge in [-0.15, -0.1) is 0 Å². The van der Waals surface area contributed by atoms with Crippen molar-refractivity contribution in [3.8, 4) is 22.8 Å². The summed E-state index contributed by atoms with van der Waals surface area (Å²) in [7, 11) is -3.15. The van der Waals surface area contributed by atoms with E-state index < -0.39 is 26.6 Å².